The van der Waals surface area contributed by atoms with E-state index < -0.39 is 0 Å². The van der Waals surface area contributed by atoms with Crippen LogP contribution in [-0.4, -0.2) is 87.9 Å². The molecule has 2 rings (SSSR count). The van der Waals surface area contributed by atoms with E-state index in [1.165, 1.54) is 0 Å². The summed E-state index contributed by atoms with van der Waals surface area (Å²) >= 11 is 0. The lowest BCUT2D eigenvalue weighted by atomic mass is 10.1. The maximum Gasteiger partial charge on any atom is 0.275 e. The molecule has 0 saturated carbocycles. The summed E-state index contributed by atoms with van der Waals surface area (Å²) in [6.45, 7) is 6.91. The predicted octanol–water partition coefficient (Wildman–Crippen LogP) is -0.0186. The standard InChI is InChI=1S/C21H35N7O.2HI/c1-8-27(12-11-22-20(29)16-28(5,6)7)18-9-10-19(17(2)15-18)23-24-21-25(3)13-14-26(21)4;;/h9-10,13-15,21H,8,11-12,16H2,1-7H3;2*1H. The number of amides is 1. The van der Waals surface area contributed by atoms with Crippen LogP contribution in [0.5, 0.6) is 0 Å². The van der Waals surface area contributed by atoms with E-state index in [1.54, 1.807) is 0 Å². The van der Waals surface area contributed by atoms with Gasteiger partial charge in [-0.3, -0.25) is 4.79 Å². The zero-order valence-electron chi connectivity index (χ0n) is 19.7. The number of aryl methyl sites for hydroxylation is 1. The number of azo groups is 1. The predicted molar refractivity (Wildman–Crippen MR) is 133 cm³/mol. The highest BCUT2D eigenvalue weighted by molar-refractivity contribution is 14.0. The van der Waals surface area contributed by atoms with Gasteiger partial charge in [0.05, 0.1) is 26.8 Å². The molecule has 10 heteroatoms. The summed E-state index contributed by atoms with van der Waals surface area (Å²) in [6, 6.07) is 6.21. The minimum atomic E-state index is -0.100. The van der Waals surface area contributed by atoms with Crippen LogP contribution in [0.15, 0.2) is 40.8 Å². The van der Waals surface area contributed by atoms with E-state index in [9.17, 15) is 4.79 Å². The number of hydrogen-bond acceptors (Lipinski definition) is 6. The van der Waals surface area contributed by atoms with Crippen molar-refractivity contribution < 1.29 is 33.3 Å². The van der Waals surface area contributed by atoms with Gasteiger partial charge in [0.25, 0.3) is 5.91 Å². The molecule has 1 amide bonds. The number of nitrogens with one attached hydrogen (secondary N) is 1. The van der Waals surface area contributed by atoms with Crippen molar-refractivity contribution in [3.63, 3.8) is 0 Å². The Labute approximate surface area is 221 Å². The van der Waals surface area contributed by atoms with Gasteiger partial charge >= 0.3 is 0 Å². The Morgan fingerprint density at radius 3 is 2.32 bits per heavy atom. The molecule has 0 aromatic heterocycles. The highest BCUT2D eigenvalue weighted by atomic mass is 127. The van der Waals surface area contributed by atoms with Crippen molar-refractivity contribution in [1.82, 2.24) is 15.1 Å². The second kappa shape index (κ2) is 13.4. The molecule has 0 bridgehead atoms. The van der Waals surface area contributed by atoms with Gasteiger partial charge in [-0.2, -0.15) is 5.11 Å². The Morgan fingerprint density at radius 1 is 1.19 bits per heavy atom. The summed E-state index contributed by atoms with van der Waals surface area (Å²) in [5, 5.41) is 11.9. The molecule has 1 N–H and O–H groups in total. The third kappa shape index (κ3) is 9.48. The lowest BCUT2D eigenvalue weighted by Gasteiger charge is -2.25. The third-order valence-electron chi connectivity index (χ3n) is 4.78. The number of likely N-dealkylation sites (N-methyl/N-ethyl adjacent to an activating group) is 2. The number of quaternary nitrogens is 1. The van der Waals surface area contributed by atoms with Crippen LogP contribution in [0.4, 0.5) is 11.4 Å². The molecule has 1 aromatic carbocycles. The van der Waals surface area contributed by atoms with Gasteiger partial charge in [0.1, 0.15) is 0 Å². The van der Waals surface area contributed by atoms with Crippen LogP contribution < -0.4 is 34.2 Å². The Bertz CT molecular complexity index is 753. The molecule has 1 heterocycles. The van der Waals surface area contributed by atoms with E-state index >= 15 is 0 Å². The number of carbonyl (C=O) groups excluding carboxylic acids is 1. The van der Waals surface area contributed by atoms with Crippen LogP contribution in [-0.2, 0) is 4.79 Å². The molecule has 0 radical (unpaired) electrons. The summed E-state index contributed by atoms with van der Waals surface area (Å²) in [6.07, 6.45) is 3.87. The molecule has 0 saturated heterocycles. The lowest BCUT2D eigenvalue weighted by Crippen LogP contribution is -3.00. The fraction of sp³-hybridized carbons (Fsp3) is 0.571. The maximum absolute atomic E-state index is 12.0. The molecule has 0 fully saturated rings. The minimum Gasteiger partial charge on any atom is -1.00 e. The highest BCUT2D eigenvalue weighted by Gasteiger charge is 2.19. The molecular weight excluding hydrogens is 620 g/mol. The molecule has 8 nitrogen and oxygen atoms in total. The lowest BCUT2D eigenvalue weighted by molar-refractivity contribution is -0.862. The molecule has 1 aliphatic rings. The first-order chi connectivity index (χ1) is 13.6. The van der Waals surface area contributed by atoms with Gasteiger partial charge in [0.15, 0.2) is 6.54 Å². The highest BCUT2D eigenvalue weighted by Crippen LogP contribution is 2.26. The van der Waals surface area contributed by atoms with Gasteiger partial charge in [-0.15, -0.1) is 29.1 Å². The number of rotatable bonds is 9. The summed E-state index contributed by atoms with van der Waals surface area (Å²) in [4.78, 5) is 18.3. The molecule has 0 aliphatic carbocycles. The van der Waals surface area contributed by atoms with E-state index in [1.807, 2.05) is 63.5 Å². The van der Waals surface area contributed by atoms with E-state index in [-0.39, 0.29) is 60.2 Å². The van der Waals surface area contributed by atoms with Gasteiger partial charge in [0, 0.05) is 51.8 Å². The largest absolute Gasteiger partial charge is 1.00 e. The Morgan fingerprint density at radius 2 is 1.81 bits per heavy atom. The average molecular weight is 657 g/mol. The maximum atomic E-state index is 12.0. The zero-order chi connectivity index (χ0) is 21.6. The Balaban J connectivity index is 0.00000450. The van der Waals surface area contributed by atoms with Gasteiger partial charge < -0.3 is 48.5 Å². The van der Waals surface area contributed by atoms with E-state index in [2.05, 4.69) is 46.4 Å². The molecule has 1 aromatic rings. The molecule has 0 unspecified atom stereocenters. The number of nitrogens with zero attached hydrogens (tertiary/aromatic N) is 6. The fourth-order valence-corrected chi connectivity index (χ4v) is 3.16. The van der Waals surface area contributed by atoms with Crippen LogP contribution in [0.1, 0.15) is 12.5 Å². The Hall–Kier alpha value is -1.15. The average Bonchev–Trinajstić information content (AvgIpc) is 2.94. The first-order valence-electron chi connectivity index (χ1n) is 10.1. The van der Waals surface area contributed by atoms with Gasteiger partial charge in [-0.1, -0.05) is 0 Å². The first-order valence-corrected chi connectivity index (χ1v) is 10.1. The van der Waals surface area contributed by atoms with Crippen LogP contribution in [0.25, 0.3) is 0 Å². The monoisotopic (exact) mass is 657 g/mol. The summed E-state index contributed by atoms with van der Waals surface area (Å²) in [7, 11) is 10.0. The van der Waals surface area contributed by atoms with Crippen LogP contribution in [0.2, 0.25) is 0 Å². The molecular formula is C21H37I2N7O. The third-order valence-corrected chi connectivity index (χ3v) is 4.78. The van der Waals surface area contributed by atoms with E-state index in [0.29, 0.717) is 17.6 Å². The van der Waals surface area contributed by atoms with E-state index in [0.717, 1.165) is 30.0 Å². The van der Waals surface area contributed by atoms with Gasteiger partial charge in [-0.25, -0.2) is 0 Å². The van der Waals surface area contributed by atoms with Crippen molar-refractivity contribution in [2.75, 3.05) is 66.3 Å². The smallest absolute Gasteiger partial charge is 0.275 e. The van der Waals surface area contributed by atoms with Crippen molar-refractivity contribution in [3.8, 4) is 0 Å². The van der Waals surface area contributed by atoms with Crippen LogP contribution >= 0.6 is 24.0 Å². The van der Waals surface area contributed by atoms with Crippen molar-refractivity contribution in [2.24, 2.45) is 10.2 Å². The topological polar surface area (TPSA) is 63.5 Å². The van der Waals surface area contributed by atoms with Crippen LogP contribution in [0.3, 0.4) is 0 Å². The van der Waals surface area contributed by atoms with E-state index in [4.69, 9.17) is 0 Å². The summed E-state index contributed by atoms with van der Waals surface area (Å²) < 4.78 is 0.626. The SMILES string of the molecule is CCN(CCNC(=O)C[N+](C)(C)C)c1ccc(N=NC2N(C)C=CN2C)c(C)c1.I.[I-]. The quantitative estimate of drug-likeness (QED) is 0.231. The number of halogens is 2. The molecule has 0 spiro atoms. The second-order valence-electron chi connectivity index (χ2n) is 8.54. The van der Waals surface area contributed by atoms with Crippen molar-refractivity contribution in [3.05, 3.63) is 36.2 Å². The fourth-order valence-electron chi connectivity index (χ4n) is 3.16. The number of carbonyl (C=O) groups is 1. The van der Waals surface area contributed by atoms with Crippen molar-refractivity contribution >= 4 is 41.3 Å². The molecule has 31 heavy (non-hydrogen) atoms. The summed E-state index contributed by atoms with van der Waals surface area (Å²) in [5.74, 6) is 0.0804. The summed E-state index contributed by atoms with van der Waals surface area (Å²) in [5.41, 5.74) is 3.08. The van der Waals surface area contributed by atoms with Crippen molar-refractivity contribution in [1.29, 1.82) is 0 Å². The number of anilines is 1. The van der Waals surface area contributed by atoms with Crippen molar-refractivity contribution in [2.45, 2.75) is 20.1 Å². The van der Waals surface area contributed by atoms with Gasteiger partial charge in [-0.05, 0) is 37.6 Å². The van der Waals surface area contributed by atoms with Gasteiger partial charge in [0.2, 0.25) is 6.29 Å². The Kier molecular flexibility index (Phi) is 12.9. The van der Waals surface area contributed by atoms with Crippen LogP contribution in [0, 0.1) is 6.92 Å². The number of hydrogen-bond donors (Lipinski definition) is 1. The second-order valence-corrected chi connectivity index (χ2v) is 8.54. The zero-order valence-corrected chi connectivity index (χ0v) is 24.2. The normalized spacial score (nSPS) is 13.9. The molecule has 0 atom stereocenters. The molecule has 1 aliphatic heterocycles. The molecule has 176 valence electrons. The first kappa shape index (κ1) is 29.9. The number of benzene rings is 1. The minimum absolute atomic E-state index is 0.